The molecule has 1 nitrogen and oxygen atoms in total. The molecule has 0 bridgehead atoms. The summed E-state index contributed by atoms with van der Waals surface area (Å²) in [4.78, 5) is 0. The van der Waals surface area contributed by atoms with Gasteiger partial charge in [-0.05, 0) is 0 Å². The molecule has 0 aromatic rings. The van der Waals surface area contributed by atoms with Crippen molar-refractivity contribution in [2.24, 2.45) is 0 Å². The van der Waals surface area contributed by atoms with E-state index in [0.29, 0.717) is 6.04 Å². The second-order valence-corrected chi connectivity index (χ2v) is 2.71. The smallest absolute Gasteiger partial charge is 0.660 e. The van der Waals surface area contributed by atoms with Gasteiger partial charge >= 0.3 is 29.6 Å². The summed E-state index contributed by atoms with van der Waals surface area (Å²) < 4.78 is 0. The zero-order valence-corrected chi connectivity index (χ0v) is 9.85. The van der Waals surface area contributed by atoms with E-state index < -0.39 is 0 Å². The fourth-order valence-electron chi connectivity index (χ4n) is 0.711. The molecule has 0 aliphatic rings. The van der Waals surface area contributed by atoms with Gasteiger partial charge in [0.2, 0.25) is 0 Å². The van der Waals surface area contributed by atoms with Crippen molar-refractivity contribution in [3.63, 3.8) is 0 Å². The van der Waals surface area contributed by atoms with Gasteiger partial charge in [0.1, 0.15) is 0 Å². The van der Waals surface area contributed by atoms with Crippen LogP contribution in [0.2, 0.25) is 0 Å². The fraction of sp³-hybridized carbons (Fsp3) is 1.00. The molecule has 0 N–H and O–H groups in total. The summed E-state index contributed by atoms with van der Waals surface area (Å²) in [6.07, 6.45) is 3.90. The van der Waals surface area contributed by atoms with E-state index in [2.05, 4.69) is 26.1 Å². The zero-order chi connectivity index (χ0) is 7.11. The van der Waals surface area contributed by atoms with Crippen LogP contribution in [0, 0.1) is 0 Å². The summed E-state index contributed by atoms with van der Waals surface area (Å²) in [5.74, 6) is 0. The van der Waals surface area contributed by atoms with Crippen LogP contribution in [0.1, 0.15) is 40.0 Å². The number of nitrogens with zero attached hydrogens (tertiary/aromatic N) is 1. The Hall–Kier alpha value is 0.960. The van der Waals surface area contributed by atoms with Gasteiger partial charge in [0.25, 0.3) is 0 Å². The molecule has 0 heterocycles. The van der Waals surface area contributed by atoms with E-state index in [4.69, 9.17) is 0 Å². The Balaban J connectivity index is 0. The molecule has 0 atom stereocenters. The average molecular weight is 151 g/mol. The van der Waals surface area contributed by atoms with Crippen LogP contribution in [-0.4, -0.2) is 12.6 Å². The molecule has 0 fully saturated rings. The maximum absolute atomic E-state index is 4.36. The van der Waals surface area contributed by atoms with Crippen LogP contribution in [0.3, 0.4) is 0 Å². The molecular weight excluding hydrogens is 133 g/mol. The molecule has 0 saturated carbocycles. The summed E-state index contributed by atoms with van der Waals surface area (Å²) in [5.41, 5.74) is 0. The number of rotatable bonds is 5. The minimum Gasteiger partial charge on any atom is -0.660 e. The third-order valence-corrected chi connectivity index (χ3v) is 1.26. The van der Waals surface area contributed by atoms with Gasteiger partial charge in [-0.2, -0.15) is 0 Å². The van der Waals surface area contributed by atoms with Crippen LogP contribution in [0.25, 0.3) is 5.32 Å². The SMILES string of the molecule is CCCCC[N-]C(C)C.[Na+]. The molecule has 0 amide bonds. The first-order valence-corrected chi connectivity index (χ1v) is 3.94. The topological polar surface area (TPSA) is 14.1 Å². The van der Waals surface area contributed by atoms with Gasteiger partial charge in [-0.3, -0.25) is 0 Å². The van der Waals surface area contributed by atoms with Crippen molar-refractivity contribution in [2.45, 2.75) is 46.1 Å². The van der Waals surface area contributed by atoms with Gasteiger partial charge in [-0.15, -0.1) is 12.6 Å². The first kappa shape index (κ1) is 13.5. The molecule has 0 aliphatic heterocycles. The molecule has 0 aromatic heterocycles. The Morgan fingerprint density at radius 2 is 1.80 bits per heavy atom. The largest absolute Gasteiger partial charge is 1.00 e. The van der Waals surface area contributed by atoms with Crippen molar-refractivity contribution < 1.29 is 29.6 Å². The van der Waals surface area contributed by atoms with E-state index in [1.807, 2.05) is 0 Å². The summed E-state index contributed by atoms with van der Waals surface area (Å²) in [7, 11) is 0. The van der Waals surface area contributed by atoms with Crippen LogP contribution < -0.4 is 29.6 Å². The summed E-state index contributed by atoms with van der Waals surface area (Å²) in [6, 6.07) is 0.529. The maximum Gasteiger partial charge on any atom is 1.00 e. The van der Waals surface area contributed by atoms with Gasteiger partial charge in [0.05, 0.1) is 0 Å². The maximum atomic E-state index is 4.36. The molecule has 0 aromatic carbocycles. The quantitative estimate of drug-likeness (QED) is 0.387. The summed E-state index contributed by atoms with van der Waals surface area (Å²) >= 11 is 0. The van der Waals surface area contributed by atoms with Gasteiger partial charge < -0.3 is 5.32 Å². The predicted octanol–water partition coefficient (Wildman–Crippen LogP) is -0.0373. The van der Waals surface area contributed by atoms with Gasteiger partial charge in [0, 0.05) is 0 Å². The normalized spacial score (nSPS) is 9.60. The summed E-state index contributed by atoms with van der Waals surface area (Å²) in [5, 5.41) is 4.36. The van der Waals surface area contributed by atoms with Gasteiger partial charge in [0.15, 0.2) is 0 Å². The Morgan fingerprint density at radius 1 is 1.20 bits per heavy atom. The molecule has 0 radical (unpaired) electrons. The van der Waals surface area contributed by atoms with E-state index in [1.165, 1.54) is 19.3 Å². The Morgan fingerprint density at radius 3 is 2.20 bits per heavy atom. The average Bonchev–Trinajstić information content (AvgIpc) is 1.80. The molecule has 0 spiro atoms. The molecular formula is C8H18NNa. The Kier molecular flexibility index (Phi) is 13.5. The molecule has 0 rings (SSSR count). The predicted molar refractivity (Wildman–Crippen MR) is 42.9 cm³/mol. The van der Waals surface area contributed by atoms with Gasteiger partial charge in [-0.1, -0.05) is 40.0 Å². The van der Waals surface area contributed by atoms with Crippen LogP contribution in [0.15, 0.2) is 0 Å². The minimum absolute atomic E-state index is 0. The van der Waals surface area contributed by atoms with E-state index in [9.17, 15) is 0 Å². The minimum atomic E-state index is 0. The standard InChI is InChI=1S/C8H18N.Na/c1-4-5-6-7-9-8(2)3;/h8H,4-7H2,1-3H3;/q-1;+1. The van der Waals surface area contributed by atoms with E-state index in [0.717, 1.165) is 6.54 Å². The van der Waals surface area contributed by atoms with Crippen LogP contribution in [-0.2, 0) is 0 Å². The number of hydrogen-bond donors (Lipinski definition) is 0. The zero-order valence-electron chi connectivity index (χ0n) is 7.85. The monoisotopic (exact) mass is 151 g/mol. The molecule has 0 saturated heterocycles. The second-order valence-electron chi connectivity index (χ2n) is 2.71. The first-order valence-electron chi connectivity index (χ1n) is 3.94. The van der Waals surface area contributed by atoms with Crippen molar-refractivity contribution in [3.05, 3.63) is 5.32 Å². The summed E-state index contributed by atoms with van der Waals surface area (Å²) in [6.45, 7) is 7.54. The fourth-order valence-corrected chi connectivity index (χ4v) is 0.711. The van der Waals surface area contributed by atoms with Crippen molar-refractivity contribution in [1.82, 2.24) is 0 Å². The second kappa shape index (κ2) is 9.96. The molecule has 10 heavy (non-hydrogen) atoms. The van der Waals surface area contributed by atoms with Crippen LogP contribution >= 0.6 is 0 Å². The van der Waals surface area contributed by atoms with E-state index >= 15 is 0 Å². The van der Waals surface area contributed by atoms with E-state index in [1.54, 1.807) is 0 Å². The third-order valence-electron chi connectivity index (χ3n) is 1.26. The van der Waals surface area contributed by atoms with Crippen molar-refractivity contribution in [3.8, 4) is 0 Å². The van der Waals surface area contributed by atoms with Crippen LogP contribution in [0.4, 0.5) is 0 Å². The first-order chi connectivity index (χ1) is 4.27. The molecule has 0 aliphatic carbocycles. The van der Waals surface area contributed by atoms with E-state index in [-0.39, 0.29) is 29.6 Å². The Labute approximate surface area is 87.3 Å². The van der Waals surface area contributed by atoms with Gasteiger partial charge in [-0.25, -0.2) is 0 Å². The number of hydrogen-bond acceptors (Lipinski definition) is 0. The number of unbranched alkanes of at least 4 members (excludes halogenated alkanes) is 2. The molecule has 0 unspecified atom stereocenters. The van der Waals surface area contributed by atoms with Crippen molar-refractivity contribution in [1.29, 1.82) is 0 Å². The molecule has 56 valence electrons. The third kappa shape index (κ3) is 11.7. The Bertz CT molecular complexity index is 55.2. The van der Waals surface area contributed by atoms with Crippen molar-refractivity contribution >= 4 is 0 Å². The van der Waals surface area contributed by atoms with Crippen molar-refractivity contribution in [2.75, 3.05) is 6.54 Å². The molecule has 2 heteroatoms. The van der Waals surface area contributed by atoms with Crippen LogP contribution in [0.5, 0.6) is 0 Å².